The number of rotatable bonds is 5. The van der Waals surface area contributed by atoms with Gasteiger partial charge in [0.05, 0.1) is 18.9 Å². The van der Waals surface area contributed by atoms with Crippen LogP contribution in [0.2, 0.25) is 0 Å². The number of aromatic nitrogens is 7. The number of hydrogen-bond acceptors (Lipinski definition) is 7. The van der Waals surface area contributed by atoms with Crippen molar-refractivity contribution in [2.75, 3.05) is 31.2 Å². The number of fused-ring (bicyclic) bond motifs is 1. The zero-order chi connectivity index (χ0) is 23.8. The first kappa shape index (κ1) is 21.4. The molecule has 5 heterocycles. The summed E-state index contributed by atoms with van der Waals surface area (Å²) in [6.07, 6.45) is 5.57. The van der Waals surface area contributed by atoms with Gasteiger partial charge in [-0.3, -0.25) is 4.98 Å². The number of pyridine rings is 1. The van der Waals surface area contributed by atoms with Crippen LogP contribution in [0.4, 0.5) is 5.82 Å². The number of nitrogens with zero attached hydrogens (tertiary/aromatic N) is 8. The number of morpholine rings is 1. The molecule has 1 aromatic carbocycles. The zero-order valence-electron chi connectivity index (χ0n) is 19.8. The van der Waals surface area contributed by atoms with E-state index in [1.54, 1.807) is 17.1 Å². The summed E-state index contributed by atoms with van der Waals surface area (Å²) in [6, 6.07) is 14.2. The van der Waals surface area contributed by atoms with Gasteiger partial charge in [-0.25, -0.2) is 9.67 Å². The Hall–Kier alpha value is -4.11. The number of anilines is 1. The Morgan fingerprint density at radius 3 is 2.43 bits per heavy atom. The highest BCUT2D eigenvalue weighted by Crippen LogP contribution is 2.31. The lowest BCUT2D eigenvalue weighted by Gasteiger charge is -2.28. The van der Waals surface area contributed by atoms with E-state index in [0.717, 1.165) is 64.8 Å². The lowest BCUT2D eigenvalue weighted by molar-refractivity contribution is 0.122. The molecule has 0 radical (unpaired) electrons. The van der Waals surface area contributed by atoms with Gasteiger partial charge in [0.2, 0.25) is 0 Å². The van der Waals surface area contributed by atoms with Crippen LogP contribution in [0, 0.1) is 6.92 Å². The molecule has 6 rings (SSSR count). The molecule has 5 aromatic rings. The van der Waals surface area contributed by atoms with Crippen molar-refractivity contribution in [1.82, 2.24) is 34.3 Å². The van der Waals surface area contributed by atoms with E-state index in [4.69, 9.17) is 24.8 Å². The van der Waals surface area contributed by atoms with Crippen molar-refractivity contribution in [3.63, 3.8) is 0 Å². The van der Waals surface area contributed by atoms with Gasteiger partial charge in [0.15, 0.2) is 17.0 Å². The van der Waals surface area contributed by atoms with Gasteiger partial charge in [0, 0.05) is 49.4 Å². The summed E-state index contributed by atoms with van der Waals surface area (Å²) in [5.74, 6) is 2.19. The van der Waals surface area contributed by atoms with Crippen LogP contribution in [-0.4, -0.2) is 60.6 Å². The molecule has 0 unspecified atom stereocenters. The van der Waals surface area contributed by atoms with E-state index in [1.165, 1.54) is 0 Å². The monoisotopic (exact) mass is 466 g/mol. The molecule has 0 spiro atoms. The Morgan fingerprint density at radius 2 is 1.69 bits per heavy atom. The minimum atomic E-state index is 0.528. The predicted octanol–water partition coefficient (Wildman–Crippen LogP) is 3.91. The lowest BCUT2D eigenvalue weighted by Crippen LogP contribution is -2.37. The SMILES string of the molecule is CCn1c(-c2ccncc2)nc2c(N3CCOCC3)nc(-n3cc(-c4ccccc4)c(C)n3)nc21. The van der Waals surface area contributed by atoms with E-state index in [0.29, 0.717) is 19.2 Å². The topological polar surface area (TPSA) is 86.8 Å². The first-order chi connectivity index (χ1) is 17.2. The second-order valence-corrected chi connectivity index (χ2v) is 8.47. The van der Waals surface area contributed by atoms with Gasteiger partial charge < -0.3 is 14.2 Å². The van der Waals surface area contributed by atoms with Gasteiger partial charge >= 0.3 is 0 Å². The van der Waals surface area contributed by atoms with Crippen molar-refractivity contribution in [3.8, 4) is 28.5 Å². The van der Waals surface area contributed by atoms with E-state index in [-0.39, 0.29) is 0 Å². The third-order valence-electron chi connectivity index (χ3n) is 6.32. The Balaban J connectivity index is 1.56. The number of imidazole rings is 1. The van der Waals surface area contributed by atoms with Crippen LogP contribution >= 0.6 is 0 Å². The summed E-state index contributed by atoms with van der Waals surface area (Å²) in [6.45, 7) is 7.66. The molecule has 176 valence electrons. The number of hydrogen-bond donors (Lipinski definition) is 0. The van der Waals surface area contributed by atoms with E-state index < -0.39 is 0 Å². The van der Waals surface area contributed by atoms with Crippen molar-refractivity contribution in [2.45, 2.75) is 20.4 Å². The fraction of sp³-hybridized carbons (Fsp3) is 0.269. The summed E-state index contributed by atoms with van der Waals surface area (Å²) in [4.78, 5) is 21.4. The fourth-order valence-electron chi connectivity index (χ4n) is 4.56. The van der Waals surface area contributed by atoms with Crippen molar-refractivity contribution in [3.05, 3.63) is 66.7 Å². The zero-order valence-corrected chi connectivity index (χ0v) is 19.8. The predicted molar refractivity (Wildman–Crippen MR) is 135 cm³/mol. The van der Waals surface area contributed by atoms with Crippen LogP contribution in [0.1, 0.15) is 12.6 Å². The number of ether oxygens (including phenoxy) is 1. The molecule has 1 aliphatic heterocycles. The molecule has 0 bridgehead atoms. The van der Waals surface area contributed by atoms with Gasteiger partial charge in [-0.2, -0.15) is 15.1 Å². The second-order valence-electron chi connectivity index (χ2n) is 8.47. The molecule has 1 fully saturated rings. The van der Waals surface area contributed by atoms with E-state index in [2.05, 4.69) is 33.5 Å². The Kier molecular flexibility index (Phi) is 5.46. The minimum absolute atomic E-state index is 0.528. The first-order valence-electron chi connectivity index (χ1n) is 11.9. The molecule has 35 heavy (non-hydrogen) atoms. The normalized spacial score (nSPS) is 14.1. The number of aryl methyl sites for hydroxylation is 2. The van der Waals surface area contributed by atoms with Gasteiger partial charge in [-0.05, 0) is 31.5 Å². The van der Waals surface area contributed by atoms with Gasteiger partial charge in [0.25, 0.3) is 5.95 Å². The maximum absolute atomic E-state index is 5.60. The molecule has 1 saturated heterocycles. The van der Waals surface area contributed by atoms with Crippen LogP contribution in [-0.2, 0) is 11.3 Å². The average Bonchev–Trinajstić information content (AvgIpc) is 3.50. The summed E-state index contributed by atoms with van der Waals surface area (Å²) in [5.41, 5.74) is 5.68. The van der Waals surface area contributed by atoms with Crippen molar-refractivity contribution in [1.29, 1.82) is 0 Å². The molecule has 0 atom stereocenters. The maximum atomic E-state index is 5.60. The molecule has 0 N–H and O–H groups in total. The van der Waals surface area contributed by atoms with E-state index >= 15 is 0 Å². The van der Waals surface area contributed by atoms with Gasteiger partial charge in [-0.1, -0.05) is 30.3 Å². The quantitative estimate of drug-likeness (QED) is 0.388. The van der Waals surface area contributed by atoms with Crippen LogP contribution in [0.5, 0.6) is 0 Å². The van der Waals surface area contributed by atoms with Gasteiger partial charge in [-0.15, -0.1) is 0 Å². The molecule has 9 heteroatoms. The molecular formula is C26H26N8O. The summed E-state index contributed by atoms with van der Waals surface area (Å²) >= 11 is 0. The third kappa shape index (κ3) is 3.83. The van der Waals surface area contributed by atoms with Crippen LogP contribution < -0.4 is 4.90 Å². The fourth-order valence-corrected chi connectivity index (χ4v) is 4.56. The lowest BCUT2D eigenvalue weighted by atomic mass is 10.1. The highest BCUT2D eigenvalue weighted by atomic mass is 16.5. The van der Waals surface area contributed by atoms with Crippen LogP contribution in [0.3, 0.4) is 0 Å². The smallest absolute Gasteiger partial charge is 0.254 e. The van der Waals surface area contributed by atoms with Crippen molar-refractivity contribution >= 4 is 17.0 Å². The summed E-state index contributed by atoms with van der Waals surface area (Å²) < 4.78 is 9.51. The maximum Gasteiger partial charge on any atom is 0.254 e. The highest BCUT2D eigenvalue weighted by Gasteiger charge is 2.24. The van der Waals surface area contributed by atoms with Crippen molar-refractivity contribution < 1.29 is 4.74 Å². The van der Waals surface area contributed by atoms with Crippen molar-refractivity contribution in [2.24, 2.45) is 0 Å². The molecule has 1 aliphatic rings. The largest absolute Gasteiger partial charge is 0.378 e. The molecule has 0 aliphatic carbocycles. The molecule has 0 saturated carbocycles. The molecule has 9 nitrogen and oxygen atoms in total. The second kappa shape index (κ2) is 8.92. The highest BCUT2D eigenvalue weighted by molar-refractivity contribution is 5.88. The molecular weight excluding hydrogens is 440 g/mol. The minimum Gasteiger partial charge on any atom is -0.378 e. The Morgan fingerprint density at radius 1 is 0.914 bits per heavy atom. The number of benzene rings is 1. The summed E-state index contributed by atoms with van der Waals surface area (Å²) in [7, 11) is 0. The first-order valence-corrected chi connectivity index (χ1v) is 11.9. The Bertz CT molecular complexity index is 1470. The van der Waals surface area contributed by atoms with E-state index in [9.17, 15) is 0 Å². The average molecular weight is 467 g/mol. The molecule has 4 aromatic heterocycles. The van der Waals surface area contributed by atoms with Crippen LogP contribution in [0.25, 0.3) is 39.6 Å². The van der Waals surface area contributed by atoms with Crippen LogP contribution in [0.15, 0.2) is 61.1 Å². The third-order valence-corrected chi connectivity index (χ3v) is 6.32. The molecule has 0 amide bonds. The standard InChI is InChI=1S/C26H26N8O/c1-3-33-23(20-9-11-27-12-10-20)28-22-24(32-13-15-35-16-14-32)29-26(30-25(22)33)34-17-21(18(2)31-34)19-7-5-4-6-8-19/h4-12,17H,3,13-16H2,1-2H3. The van der Waals surface area contributed by atoms with E-state index in [1.807, 2.05) is 43.5 Å². The Labute approximate surface area is 203 Å². The van der Waals surface area contributed by atoms with Gasteiger partial charge in [0.1, 0.15) is 5.82 Å². The summed E-state index contributed by atoms with van der Waals surface area (Å²) in [5, 5.41) is 4.78.